The molecule has 0 bridgehead atoms. The third-order valence-electron chi connectivity index (χ3n) is 8.52. The third kappa shape index (κ3) is 6.84. The van der Waals surface area contributed by atoms with Gasteiger partial charge in [0.25, 0.3) is 0 Å². The fraction of sp³-hybridized carbons (Fsp3) is 0.576. The molecule has 0 spiro atoms. The molecule has 0 nitrogen and oxygen atoms in total. The number of allylic oxidation sites excluding steroid dienone is 2. The average Bonchev–Trinajstić information content (AvgIpc) is 2.89. The van der Waals surface area contributed by atoms with E-state index in [-0.39, 0.29) is 0 Å². The standard InChI is InChI=1S/C33H46/c1-3-5-7-9-27-12-16-29(17-13-27)31-20-24-33(25-21-31)32-22-18-30(19-23-32)28-14-10-26(11-15-28)8-6-4-2/h14,18-27,29H,3-13,15-17H2,1-2H3. The molecular formula is C33H46. The first-order chi connectivity index (χ1) is 16.3. The van der Waals surface area contributed by atoms with Crippen LogP contribution in [-0.4, -0.2) is 0 Å². The summed E-state index contributed by atoms with van der Waals surface area (Å²) in [6.07, 6.45) is 21.9. The molecule has 0 heterocycles. The van der Waals surface area contributed by atoms with Crippen LogP contribution in [0.3, 0.4) is 0 Å². The van der Waals surface area contributed by atoms with Gasteiger partial charge in [0.15, 0.2) is 0 Å². The van der Waals surface area contributed by atoms with E-state index < -0.39 is 0 Å². The molecule has 1 unspecified atom stereocenters. The summed E-state index contributed by atoms with van der Waals surface area (Å²) in [5.41, 5.74) is 7.26. The third-order valence-corrected chi connectivity index (χ3v) is 8.52. The Labute approximate surface area is 203 Å². The zero-order valence-electron chi connectivity index (χ0n) is 21.3. The van der Waals surface area contributed by atoms with Crippen molar-refractivity contribution in [1.82, 2.24) is 0 Å². The number of unbranched alkanes of at least 4 members (excludes halogenated alkanes) is 3. The largest absolute Gasteiger partial charge is 0.0804 e. The fourth-order valence-electron chi connectivity index (χ4n) is 6.20. The molecule has 0 saturated heterocycles. The monoisotopic (exact) mass is 442 g/mol. The minimum absolute atomic E-state index is 0.781. The van der Waals surface area contributed by atoms with Gasteiger partial charge in [-0.3, -0.25) is 0 Å². The fourth-order valence-corrected chi connectivity index (χ4v) is 6.20. The van der Waals surface area contributed by atoms with Crippen molar-refractivity contribution in [3.05, 3.63) is 65.7 Å². The van der Waals surface area contributed by atoms with E-state index in [1.807, 2.05) is 0 Å². The Hall–Kier alpha value is -1.82. The second-order valence-corrected chi connectivity index (χ2v) is 10.9. The van der Waals surface area contributed by atoms with Gasteiger partial charge in [-0.05, 0) is 90.5 Å². The van der Waals surface area contributed by atoms with Crippen molar-refractivity contribution in [3.63, 3.8) is 0 Å². The Morgan fingerprint density at radius 2 is 1.21 bits per heavy atom. The van der Waals surface area contributed by atoms with Crippen LogP contribution in [0.5, 0.6) is 0 Å². The summed E-state index contributed by atoms with van der Waals surface area (Å²) in [6.45, 7) is 4.62. The summed E-state index contributed by atoms with van der Waals surface area (Å²) < 4.78 is 0. The lowest BCUT2D eigenvalue weighted by Crippen LogP contribution is -2.13. The Kier molecular flexibility index (Phi) is 9.27. The van der Waals surface area contributed by atoms with E-state index in [1.54, 1.807) is 11.1 Å². The van der Waals surface area contributed by atoms with Crippen LogP contribution in [0.4, 0.5) is 0 Å². The maximum atomic E-state index is 2.52. The van der Waals surface area contributed by atoms with E-state index in [1.165, 1.54) is 107 Å². The molecule has 1 atom stereocenters. The molecule has 4 rings (SSSR count). The van der Waals surface area contributed by atoms with Crippen molar-refractivity contribution < 1.29 is 0 Å². The molecule has 0 amide bonds. The minimum Gasteiger partial charge on any atom is -0.0804 e. The van der Waals surface area contributed by atoms with Crippen molar-refractivity contribution in [1.29, 1.82) is 0 Å². The van der Waals surface area contributed by atoms with Gasteiger partial charge in [0.1, 0.15) is 0 Å². The van der Waals surface area contributed by atoms with Crippen molar-refractivity contribution in [3.8, 4) is 11.1 Å². The zero-order valence-corrected chi connectivity index (χ0v) is 21.3. The molecule has 2 aliphatic carbocycles. The van der Waals surface area contributed by atoms with Gasteiger partial charge in [0.2, 0.25) is 0 Å². The quantitative estimate of drug-likeness (QED) is 0.321. The molecule has 2 aromatic rings. The molecule has 0 radical (unpaired) electrons. The molecule has 0 heteroatoms. The van der Waals surface area contributed by atoms with Gasteiger partial charge in [0.05, 0.1) is 0 Å². The van der Waals surface area contributed by atoms with E-state index in [2.05, 4.69) is 68.5 Å². The summed E-state index contributed by atoms with van der Waals surface area (Å²) in [7, 11) is 0. The molecule has 2 aliphatic rings. The Morgan fingerprint density at radius 1 is 0.606 bits per heavy atom. The number of benzene rings is 2. The van der Waals surface area contributed by atoms with E-state index in [0.29, 0.717) is 0 Å². The smallest absolute Gasteiger partial charge is 0.0162 e. The molecule has 33 heavy (non-hydrogen) atoms. The molecule has 2 aromatic carbocycles. The summed E-state index contributed by atoms with van der Waals surface area (Å²) in [4.78, 5) is 0. The average molecular weight is 443 g/mol. The maximum absolute atomic E-state index is 2.52. The van der Waals surface area contributed by atoms with Crippen LogP contribution >= 0.6 is 0 Å². The molecule has 0 N–H and O–H groups in total. The van der Waals surface area contributed by atoms with Gasteiger partial charge in [-0.15, -0.1) is 0 Å². The van der Waals surface area contributed by atoms with Crippen LogP contribution in [0.1, 0.15) is 121 Å². The second kappa shape index (κ2) is 12.6. The first kappa shape index (κ1) is 24.3. The van der Waals surface area contributed by atoms with Crippen LogP contribution in [-0.2, 0) is 0 Å². The van der Waals surface area contributed by atoms with Crippen LogP contribution < -0.4 is 0 Å². The number of hydrogen-bond acceptors (Lipinski definition) is 0. The van der Waals surface area contributed by atoms with Gasteiger partial charge in [-0.2, -0.15) is 0 Å². The molecular weight excluding hydrogens is 396 g/mol. The zero-order chi connectivity index (χ0) is 22.9. The summed E-state index contributed by atoms with van der Waals surface area (Å²) >= 11 is 0. The topological polar surface area (TPSA) is 0 Å². The summed E-state index contributed by atoms with van der Waals surface area (Å²) in [5.74, 6) is 2.69. The first-order valence-corrected chi connectivity index (χ1v) is 14.2. The molecule has 0 aliphatic heterocycles. The van der Waals surface area contributed by atoms with Crippen LogP contribution in [0.25, 0.3) is 16.7 Å². The Balaban J connectivity index is 1.30. The number of rotatable bonds is 10. The van der Waals surface area contributed by atoms with E-state index in [0.717, 1.165) is 17.8 Å². The molecule has 1 fully saturated rings. The maximum Gasteiger partial charge on any atom is -0.0162 e. The van der Waals surface area contributed by atoms with Gasteiger partial charge >= 0.3 is 0 Å². The predicted molar refractivity (Wildman–Crippen MR) is 146 cm³/mol. The number of hydrogen-bond donors (Lipinski definition) is 0. The summed E-state index contributed by atoms with van der Waals surface area (Å²) in [6, 6.07) is 18.9. The van der Waals surface area contributed by atoms with Crippen LogP contribution in [0.2, 0.25) is 0 Å². The highest BCUT2D eigenvalue weighted by molar-refractivity contribution is 5.71. The SMILES string of the molecule is CCCCCC1CCC(c2ccc(-c3ccc(C4=CCC(CCCC)CC4)cc3)cc2)CC1. The Morgan fingerprint density at radius 3 is 1.82 bits per heavy atom. The highest BCUT2D eigenvalue weighted by atomic mass is 14.3. The first-order valence-electron chi connectivity index (χ1n) is 14.2. The lowest BCUT2D eigenvalue weighted by atomic mass is 9.77. The van der Waals surface area contributed by atoms with Crippen molar-refractivity contribution >= 4 is 5.57 Å². The van der Waals surface area contributed by atoms with Gasteiger partial charge in [-0.1, -0.05) is 113 Å². The van der Waals surface area contributed by atoms with E-state index >= 15 is 0 Å². The van der Waals surface area contributed by atoms with Crippen molar-refractivity contribution in [2.24, 2.45) is 11.8 Å². The van der Waals surface area contributed by atoms with Crippen molar-refractivity contribution in [2.75, 3.05) is 0 Å². The normalized spacial score (nSPS) is 23.3. The lowest BCUT2D eigenvalue weighted by Gasteiger charge is -2.29. The Bertz CT molecular complexity index is 846. The minimum atomic E-state index is 0.781. The second-order valence-electron chi connectivity index (χ2n) is 10.9. The van der Waals surface area contributed by atoms with Gasteiger partial charge in [-0.25, -0.2) is 0 Å². The van der Waals surface area contributed by atoms with E-state index in [9.17, 15) is 0 Å². The molecule has 1 saturated carbocycles. The lowest BCUT2D eigenvalue weighted by molar-refractivity contribution is 0.303. The highest BCUT2D eigenvalue weighted by Crippen LogP contribution is 2.38. The predicted octanol–water partition coefficient (Wildman–Crippen LogP) is 10.6. The molecule has 0 aromatic heterocycles. The molecule has 178 valence electrons. The van der Waals surface area contributed by atoms with E-state index in [4.69, 9.17) is 0 Å². The van der Waals surface area contributed by atoms with Crippen LogP contribution in [0, 0.1) is 11.8 Å². The van der Waals surface area contributed by atoms with Gasteiger partial charge < -0.3 is 0 Å². The summed E-state index contributed by atoms with van der Waals surface area (Å²) in [5, 5.41) is 0. The van der Waals surface area contributed by atoms with Gasteiger partial charge in [0, 0.05) is 0 Å². The van der Waals surface area contributed by atoms with Crippen LogP contribution in [0.15, 0.2) is 54.6 Å². The van der Waals surface area contributed by atoms with Crippen molar-refractivity contribution in [2.45, 2.75) is 110 Å². The highest BCUT2D eigenvalue weighted by Gasteiger charge is 2.22.